The van der Waals surface area contributed by atoms with Crippen LogP contribution < -0.4 is 5.43 Å². The van der Waals surface area contributed by atoms with Crippen LogP contribution >= 0.6 is 0 Å². The molecule has 1 heterocycles. The SMILES string of the molecule is CCOC(=O)CCCCCCCCc1oc2cc(O)ccc2c(=O)c1-c1ccc(O)cc1. The van der Waals surface area contributed by atoms with Gasteiger partial charge in [0.15, 0.2) is 0 Å². The van der Waals surface area contributed by atoms with Crippen molar-refractivity contribution in [1.82, 2.24) is 0 Å². The topological polar surface area (TPSA) is 97.0 Å². The molecule has 170 valence electrons. The zero-order valence-electron chi connectivity index (χ0n) is 18.4. The molecule has 1 aromatic heterocycles. The monoisotopic (exact) mass is 438 g/mol. The van der Waals surface area contributed by atoms with E-state index in [4.69, 9.17) is 9.15 Å². The molecule has 0 aliphatic heterocycles. The summed E-state index contributed by atoms with van der Waals surface area (Å²) in [5.74, 6) is 0.632. The molecule has 0 atom stereocenters. The van der Waals surface area contributed by atoms with Crippen molar-refractivity contribution in [2.75, 3.05) is 6.61 Å². The molecule has 0 aliphatic rings. The number of esters is 1. The maximum absolute atomic E-state index is 13.2. The van der Waals surface area contributed by atoms with E-state index in [0.29, 0.717) is 47.3 Å². The number of hydrogen-bond donors (Lipinski definition) is 2. The van der Waals surface area contributed by atoms with E-state index in [1.807, 2.05) is 6.92 Å². The molecule has 6 nitrogen and oxygen atoms in total. The predicted octanol–water partition coefficient (Wildman–Crippen LogP) is 5.71. The van der Waals surface area contributed by atoms with Crippen LogP contribution in [0, 0.1) is 0 Å². The van der Waals surface area contributed by atoms with Gasteiger partial charge in [0.2, 0.25) is 5.43 Å². The Hall–Kier alpha value is -3.28. The zero-order chi connectivity index (χ0) is 22.9. The average Bonchev–Trinajstić information content (AvgIpc) is 2.76. The highest BCUT2D eigenvalue weighted by Gasteiger charge is 2.16. The summed E-state index contributed by atoms with van der Waals surface area (Å²) in [5.41, 5.74) is 1.41. The average molecular weight is 439 g/mol. The molecular weight excluding hydrogens is 408 g/mol. The number of hydrogen-bond acceptors (Lipinski definition) is 6. The lowest BCUT2D eigenvalue weighted by atomic mass is 9.98. The second kappa shape index (κ2) is 11.4. The van der Waals surface area contributed by atoms with E-state index in [-0.39, 0.29) is 22.9 Å². The van der Waals surface area contributed by atoms with Crippen LogP contribution in [0.5, 0.6) is 11.5 Å². The van der Waals surface area contributed by atoms with E-state index in [1.54, 1.807) is 30.3 Å². The van der Waals surface area contributed by atoms with Crippen molar-refractivity contribution in [3.63, 3.8) is 0 Å². The number of fused-ring (bicyclic) bond motifs is 1. The van der Waals surface area contributed by atoms with E-state index in [1.165, 1.54) is 12.1 Å². The minimum absolute atomic E-state index is 0.0480. The summed E-state index contributed by atoms with van der Waals surface area (Å²) >= 11 is 0. The first-order valence-corrected chi connectivity index (χ1v) is 11.2. The molecule has 0 bridgehead atoms. The van der Waals surface area contributed by atoms with Gasteiger partial charge in [-0.05, 0) is 49.6 Å². The number of phenols is 2. The summed E-state index contributed by atoms with van der Waals surface area (Å²) in [6.45, 7) is 2.24. The second-order valence-corrected chi connectivity index (χ2v) is 7.88. The van der Waals surface area contributed by atoms with Crippen LogP contribution in [0.25, 0.3) is 22.1 Å². The molecule has 32 heavy (non-hydrogen) atoms. The van der Waals surface area contributed by atoms with Crippen LogP contribution in [0.2, 0.25) is 0 Å². The molecule has 0 amide bonds. The Morgan fingerprint density at radius 2 is 1.56 bits per heavy atom. The van der Waals surface area contributed by atoms with Crippen molar-refractivity contribution < 1.29 is 24.2 Å². The fraction of sp³-hybridized carbons (Fsp3) is 0.385. The summed E-state index contributed by atoms with van der Waals surface area (Å²) in [4.78, 5) is 24.6. The standard InChI is InChI=1S/C26H30O6/c1-2-31-24(29)10-8-6-4-3-5-7-9-22-25(18-11-13-19(27)14-12-18)26(30)21-16-15-20(28)17-23(21)32-22/h11-17,27-28H,2-10H2,1H3. The fourth-order valence-electron chi connectivity index (χ4n) is 3.82. The first-order valence-electron chi connectivity index (χ1n) is 11.2. The smallest absolute Gasteiger partial charge is 0.305 e. The first kappa shape index (κ1) is 23.4. The summed E-state index contributed by atoms with van der Waals surface area (Å²) in [6, 6.07) is 11.0. The van der Waals surface area contributed by atoms with Gasteiger partial charge in [-0.1, -0.05) is 37.8 Å². The minimum Gasteiger partial charge on any atom is -0.508 e. The van der Waals surface area contributed by atoms with Crippen LogP contribution in [0.15, 0.2) is 51.7 Å². The minimum atomic E-state index is -0.147. The van der Waals surface area contributed by atoms with Crippen molar-refractivity contribution in [2.24, 2.45) is 0 Å². The van der Waals surface area contributed by atoms with Crippen molar-refractivity contribution in [2.45, 2.75) is 58.3 Å². The fourth-order valence-corrected chi connectivity index (χ4v) is 3.82. The molecule has 0 fully saturated rings. The Balaban J connectivity index is 1.66. The highest BCUT2D eigenvalue weighted by Crippen LogP contribution is 2.29. The van der Waals surface area contributed by atoms with Crippen LogP contribution in [0.1, 0.15) is 57.6 Å². The molecule has 0 radical (unpaired) electrons. The summed E-state index contributed by atoms with van der Waals surface area (Å²) in [6.07, 6.45) is 6.82. The molecule has 0 saturated heterocycles. The van der Waals surface area contributed by atoms with Crippen molar-refractivity contribution in [1.29, 1.82) is 0 Å². The predicted molar refractivity (Wildman–Crippen MR) is 124 cm³/mol. The lowest BCUT2D eigenvalue weighted by Gasteiger charge is -2.11. The van der Waals surface area contributed by atoms with E-state index in [2.05, 4.69) is 0 Å². The van der Waals surface area contributed by atoms with Crippen molar-refractivity contribution >= 4 is 16.9 Å². The molecule has 3 aromatic rings. The summed E-state index contributed by atoms with van der Waals surface area (Å²) < 4.78 is 11.0. The third-order valence-electron chi connectivity index (χ3n) is 5.44. The van der Waals surface area contributed by atoms with E-state index in [0.717, 1.165) is 38.5 Å². The number of benzene rings is 2. The highest BCUT2D eigenvalue weighted by atomic mass is 16.5. The maximum atomic E-state index is 13.2. The number of unbranched alkanes of at least 4 members (excludes halogenated alkanes) is 5. The summed E-state index contributed by atoms with van der Waals surface area (Å²) in [7, 11) is 0. The Morgan fingerprint density at radius 3 is 2.28 bits per heavy atom. The van der Waals surface area contributed by atoms with Gasteiger partial charge in [0.25, 0.3) is 0 Å². The van der Waals surface area contributed by atoms with E-state index < -0.39 is 0 Å². The number of aromatic hydroxyl groups is 2. The van der Waals surface area contributed by atoms with E-state index in [9.17, 15) is 19.8 Å². The second-order valence-electron chi connectivity index (χ2n) is 7.88. The molecule has 0 unspecified atom stereocenters. The van der Waals surface area contributed by atoms with Gasteiger partial charge in [-0.25, -0.2) is 0 Å². The van der Waals surface area contributed by atoms with Crippen molar-refractivity contribution in [3.8, 4) is 22.6 Å². The molecule has 0 saturated carbocycles. The van der Waals surface area contributed by atoms with Gasteiger partial charge in [0.05, 0.1) is 17.6 Å². The third-order valence-corrected chi connectivity index (χ3v) is 5.44. The van der Waals surface area contributed by atoms with Crippen LogP contribution in [-0.2, 0) is 16.0 Å². The van der Waals surface area contributed by atoms with Gasteiger partial charge in [-0.2, -0.15) is 0 Å². The van der Waals surface area contributed by atoms with Gasteiger partial charge in [0, 0.05) is 18.9 Å². The Labute approximate surface area is 187 Å². The van der Waals surface area contributed by atoms with Crippen LogP contribution in [-0.4, -0.2) is 22.8 Å². The number of phenolic OH excluding ortho intramolecular Hbond substituents is 2. The third kappa shape index (κ3) is 6.13. The van der Waals surface area contributed by atoms with E-state index >= 15 is 0 Å². The summed E-state index contributed by atoms with van der Waals surface area (Å²) in [5, 5.41) is 19.8. The van der Waals surface area contributed by atoms with Crippen molar-refractivity contribution in [3.05, 3.63) is 58.4 Å². The first-order chi connectivity index (χ1) is 15.5. The molecule has 3 rings (SSSR count). The number of carbonyl (C=O) groups excluding carboxylic acids is 1. The van der Waals surface area contributed by atoms with Gasteiger partial charge >= 0.3 is 5.97 Å². The number of carbonyl (C=O) groups is 1. The molecule has 0 spiro atoms. The molecule has 2 aromatic carbocycles. The van der Waals surface area contributed by atoms with Gasteiger partial charge in [-0.15, -0.1) is 0 Å². The van der Waals surface area contributed by atoms with Crippen LogP contribution in [0.4, 0.5) is 0 Å². The molecule has 0 aliphatic carbocycles. The normalized spacial score (nSPS) is 11.0. The molecule has 6 heteroatoms. The Bertz CT molecular complexity index is 1100. The van der Waals surface area contributed by atoms with Gasteiger partial charge in [0.1, 0.15) is 22.8 Å². The van der Waals surface area contributed by atoms with Crippen LogP contribution in [0.3, 0.4) is 0 Å². The van der Waals surface area contributed by atoms with Gasteiger partial charge < -0.3 is 19.4 Å². The molecule has 2 N–H and O–H groups in total. The lowest BCUT2D eigenvalue weighted by Crippen LogP contribution is -2.09. The molecular formula is C26H30O6. The largest absolute Gasteiger partial charge is 0.508 e. The Kier molecular flexibility index (Phi) is 8.31. The number of aryl methyl sites for hydroxylation is 1. The van der Waals surface area contributed by atoms with Gasteiger partial charge in [-0.3, -0.25) is 9.59 Å². The Morgan fingerprint density at radius 1 is 0.906 bits per heavy atom. The lowest BCUT2D eigenvalue weighted by molar-refractivity contribution is -0.143. The quantitative estimate of drug-likeness (QED) is 0.294. The highest BCUT2D eigenvalue weighted by molar-refractivity contribution is 5.83. The zero-order valence-corrected chi connectivity index (χ0v) is 18.4. The number of rotatable bonds is 11. The maximum Gasteiger partial charge on any atom is 0.305 e. The number of ether oxygens (including phenoxy) is 1.